The number of ether oxygens (including phenoxy) is 1. The van der Waals surface area contributed by atoms with Gasteiger partial charge in [0.25, 0.3) is 0 Å². The zero-order valence-electron chi connectivity index (χ0n) is 12.6. The second kappa shape index (κ2) is 6.26. The third-order valence-electron chi connectivity index (χ3n) is 3.21. The number of methoxy groups -OCH3 is 1. The standard InChI is InChI=1S/C15H26N2O2/c1-15(2,3)11-6-7-14(19-5)13(8-11)17(4)10-12(18)9-16/h6-8,12,18H,9-10,16H2,1-5H3. The Hall–Kier alpha value is -1.26. The highest BCUT2D eigenvalue weighted by molar-refractivity contribution is 5.60. The predicted molar refractivity (Wildman–Crippen MR) is 80.0 cm³/mol. The number of nitrogens with two attached hydrogens (primary N) is 1. The first-order valence-electron chi connectivity index (χ1n) is 6.57. The average Bonchev–Trinajstić information content (AvgIpc) is 2.36. The second-order valence-corrected chi connectivity index (χ2v) is 5.91. The number of hydrogen-bond acceptors (Lipinski definition) is 4. The zero-order chi connectivity index (χ0) is 14.6. The van der Waals surface area contributed by atoms with Crippen molar-refractivity contribution >= 4 is 5.69 Å². The van der Waals surface area contributed by atoms with E-state index in [1.54, 1.807) is 7.11 Å². The van der Waals surface area contributed by atoms with Gasteiger partial charge in [-0.15, -0.1) is 0 Å². The highest BCUT2D eigenvalue weighted by Gasteiger charge is 2.18. The molecule has 0 fully saturated rings. The summed E-state index contributed by atoms with van der Waals surface area (Å²) in [5.41, 5.74) is 7.75. The largest absolute Gasteiger partial charge is 0.495 e. The molecular formula is C15H26N2O2. The van der Waals surface area contributed by atoms with E-state index in [4.69, 9.17) is 10.5 Å². The van der Waals surface area contributed by atoms with E-state index in [0.29, 0.717) is 6.54 Å². The molecule has 1 atom stereocenters. The summed E-state index contributed by atoms with van der Waals surface area (Å²) in [5, 5.41) is 9.67. The van der Waals surface area contributed by atoms with E-state index in [-0.39, 0.29) is 12.0 Å². The molecule has 1 rings (SSSR count). The summed E-state index contributed by atoms with van der Waals surface area (Å²) in [5.74, 6) is 0.805. The average molecular weight is 266 g/mol. The lowest BCUT2D eigenvalue weighted by Crippen LogP contribution is -2.34. The van der Waals surface area contributed by atoms with Gasteiger partial charge >= 0.3 is 0 Å². The summed E-state index contributed by atoms with van der Waals surface area (Å²) in [6.45, 7) is 7.26. The highest BCUT2D eigenvalue weighted by atomic mass is 16.5. The molecule has 0 aromatic heterocycles. The summed E-state index contributed by atoms with van der Waals surface area (Å²) in [6.07, 6.45) is -0.534. The van der Waals surface area contributed by atoms with Crippen LogP contribution in [0.4, 0.5) is 5.69 Å². The fourth-order valence-corrected chi connectivity index (χ4v) is 1.94. The molecule has 0 radical (unpaired) electrons. The van der Waals surface area contributed by atoms with Crippen LogP contribution in [0.2, 0.25) is 0 Å². The Morgan fingerprint density at radius 3 is 2.47 bits per heavy atom. The molecule has 0 aliphatic rings. The van der Waals surface area contributed by atoms with Crippen molar-refractivity contribution in [3.63, 3.8) is 0 Å². The number of anilines is 1. The molecule has 4 heteroatoms. The molecule has 1 aromatic carbocycles. The van der Waals surface area contributed by atoms with Gasteiger partial charge in [-0.05, 0) is 23.1 Å². The van der Waals surface area contributed by atoms with E-state index in [0.717, 1.165) is 11.4 Å². The molecule has 0 amide bonds. The van der Waals surface area contributed by atoms with Crippen molar-refractivity contribution in [2.75, 3.05) is 32.1 Å². The van der Waals surface area contributed by atoms with Gasteiger partial charge in [0.05, 0.1) is 18.9 Å². The van der Waals surface area contributed by atoms with Gasteiger partial charge in [0.15, 0.2) is 0 Å². The number of benzene rings is 1. The summed E-state index contributed by atoms with van der Waals surface area (Å²) in [4.78, 5) is 1.98. The van der Waals surface area contributed by atoms with Gasteiger partial charge < -0.3 is 20.5 Å². The fourth-order valence-electron chi connectivity index (χ4n) is 1.94. The van der Waals surface area contributed by atoms with Crippen molar-refractivity contribution in [2.45, 2.75) is 32.3 Å². The van der Waals surface area contributed by atoms with Gasteiger partial charge in [-0.2, -0.15) is 0 Å². The summed E-state index contributed by atoms with van der Waals surface area (Å²) in [6, 6.07) is 6.17. The van der Waals surface area contributed by atoms with E-state index in [1.807, 2.05) is 18.0 Å². The van der Waals surface area contributed by atoms with Crippen LogP contribution in [-0.4, -0.2) is 38.5 Å². The molecule has 0 heterocycles. The SMILES string of the molecule is COc1ccc(C(C)(C)C)cc1N(C)CC(O)CN. The molecule has 0 spiro atoms. The number of aliphatic hydroxyl groups excluding tert-OH is 1. The first-order valence-corrected chi connectivity index (χ1v) is 6.57. The Kier molecular flexibility index (Phi) is 5.20. The van der Waals surface area contributed by atoms with Gasteiger partial charge in [0.2, 0.25) is 0 Å². The molecule has 0 bridgehead atoms. The second-order valence-electron chi connectivity index (χ2n) is 5.91. The normalized spacial score (nSPS) is 13.2. The minimum Gasteiger partial charge on any atom is -0.495 e. The molecule has 1 aromatic rings. The number of nitrogens with zero attached hydrogens (tertiary/aromatic N) is 1. The quantitative estimate of drug-likeness (QED) is 0.852. The van der Waals surface area contributed by atoms with Crippen LogP contribution in [0, 0.1) is 0 Å². The van der Waals surface area contributed by atoms with Crippen molar-refractivity contribution in [3.05, 3.63) is 23.8 Å². The Morgan fingerprint density at radius 1 is 1.37 bits per heavy atom. The lowest BCUT2D eigenvalue weighted by molar-refractivity contribution is 0.189. The smallest absolute Gasteiger partial charge is 0.142 e. The van der Waals surface area contributed by atoms with Gasteiger partial charge in [-0.1, -0.05) is 26.8 Å². The molecule has 3 N–H and O–H groups in total. The van der Waals surface area contributed by atoms with Crippen molar-refractivity contribution in [2.24, 2.45) is 5.73 Å². The van der Waals surface area contributed by atoms with Crippen LogP contribution < -0.4 is 15.4 Å². The molecule has 1 unspecified atom stereocenters. The van der Waals surface area contributed by atoms with Crippen molar-refractivity contribution in [1.82, 2.24) is 0 Å². The van der Waals surface area contributed by atoms with Crippen LogP contribution >= 0.6 is 0 Å². The first kappa shape index (κ1) is 15.8. The van der Waals surface area contributed by atoms with Crippen molar-refractivity contribution < 1.29 is 9.84 Å². The molecule has 0 saturated heterocycles. The van der Waals surface area contributed by atoms with E-state index in [1.165, 1.54) is 5.56 Å². The minimum atomic E-state index is -0.534. The zero-order valence-corrected chi connectivity index (χ0v) is 12.6. The Bertz CT molecular complexity index is 413. The van der Waals surface area contributed by atoms with Gasteiger partial charge in [-0.3, -0.25) is 0 Å². The van der Waals surface area contributed by atoms with Crippen molar-refractivity contribution in [3.8, 4) is 5.75 Å². The third kappa shape index (κ3) is 4.11. The number of rotatable bonds is 5. The van der Waals surface area contributed by atoms with Gasteiger partial charge in [0, 0.05) is 20.1 Å². The number of likely N-dealkylation sites (N-methyl/N-ethyl adjacent to an activating group) is 1. The lowest BCUT2D eigenvalue weighted by atomic mass is 9.86. The number of hydrogen-bond donors (Lipinski definition) is 2. The van der Waals surface area contributed by atoms with Gasteiger partial charge in [-0.25, -0.2) is 0 Å². The van der Waals surface area contributed by atoms with E-state index in [2.05, 4.69) is 32.9 Å². The molecule has 19 heavy (non-hydrogen) atoms. The first-order chi connectivity index (χ1) is 8.79. The molecule has 0 aliphatic carbocycles. The minimum absolute atomic E-state index is 0.0777. The Balaban J connectivity index is 3.08. The van der Waals surface area contributed by atoms with Crippen LogP contribution in [0.5, 0.6) is 5.75 Å². The van der Waals surface area contributed by atoms with E-state index in [9.17, 15) is 5.11 Å². The third-order valence-corrected chi connectivity index (χ3v) is 3.21. The molecular weight excluding hydrogens is 240 g/mol. The molecule has 4 nitrogen and oxygen atoms in total. The highest BCUT2D eigenvalue weighted by Crippen LogP contribution is 2.33. The number of aliphatic hydroxyl groups is 1. The lowest BCUT2D eigenvalue weighted by Gasteiger charge is -2.27. The summed E-state index contributed by atoms with van der Waals surface area (Å²) in [7, 11) is 3.59. The monoisotopic (exact) mass is 266 g/mol. The van der Waals surface area contributed by atoms with Gasteiger partial charge in [0.1, 0.15) is 5.75 Å². The van der Waals surface area contributed by atoms with Crippen LogP contribution in [0.3, 0.4) is 0 Å². The van der Waals surface area contributed by atoms with E-state index >= 15 is 0 Å². The summed E-state index contributed by atoms with van der Waals surface area (Å²) >= 11 is 0. The maximum Gasteiger partial charge on any atom is 0.142 e. The topological polar surface area (TPSA) is 58.7 Å². The van der Waals surface area contributed by atoms with E-state index < -0.39 is 6.10 Å². The fraction of sp³-hybridized carbons (Fsp3) is 0.600. The van der Waals surface area contributed by atoms with Crippen LogP contribution in [0.25, 0.3) is 0 Å². The Labute approximate surface area is 116 Å². The van der Waals surface area contributed by atoms with Crippen LogP contribution in [-0.2, 0) is 5.41 Å². The molecule has 0 aliphatic heterocycles. The predicted octanol–water partition coefficient (Wildman–Crippen LogP) is 1.75. The van der Waals surface area contributed by atoms with Crippen LogP contribution in [0.1, 0.15) is 26.3 Å². The van der Waals surface area contributed by atoms with Crippen molar-refractivity contribution in [1.29, 1.82) is 0 Å². The maximum absolute atomic E-state index is 9.67. The Morgan fingerprint density at radius 2 is 2.00 bits per heavy atom. The molecule has 0 saturated carbocycles. The summed E-state index contributed by atoms with van der Waals surface area (Å²) < 4.78 is 5.39. The van der Waals surface area contributed by atoms with Crippen LogP contribution in [0.15, 0.2) is 18.2 Å². The maximum atomic E-state index is 9.67. The molecule has 108 valence electrons.